The number of benzene rings is 2. The van der Waals surface area contributed by atoms with Crippen molar-refractivity contribution in [2.75, 3.05) is 10.5 Å². The molecule has 8 heteroatoms. The number of anilines is 2. The normalized spacial score (nSPS) is 12.6. The van der Waals surface area contributed by atoms with Gasteiger partial charge in [0, 0.05) is 6.07 Å². The van der Waals surface area contributed by atoms with Crippen molar-refractivity contribution in [2.45, 2.75) is 31.1 Å². The van der Waals surface area contributed by atoms with Crippen molar-refractivity contribution in [1.29, 1.82) is 0 Å². The molecule has 2 aromatic carbocycles. The highest BCUT2D eigenvalue weighted by Crippen LogP contribution is 2.27. The van der Waals surface area contributed by atoms with Gasteiger partial charge in [-0.2, -0.15) is 0 Å². The van der Waals surface area contributed by atoms with Gasteiger partial charge in [0.2, 0.25) is 0 Å². The number of hydrogen-bond donors (Lipinski definition) is 2. The zero-order valence-corrected chi connectivity index (χ0v) is 14.2. The molecule has 1 unspecified atom stereocenters. The third-order valence-electron chi connectivity index (χ3n) is 3.85. The van der Waals surface area contributed by atoms with Crippen molar-refractivity contribution in [3.8, 4) is 0 Å². The average molecular weight is 349 g/mol. The van der Waals surface area contributed by atoms with Gasteiger partial charge < -0.3 is 5.73 Å². The zero-order valence-electron chi connectivity index (χ0n) is 13.4. The molecule has 2 rings (SSSR count). The van der Waals surface area contributed by atoms with Crippen LogP contribution in [-0.2, 0) is 10.0 Å². The van der Waals surface area contributed by atoms with E-state index in [1.54, 1.807) is 12.1 Å². The van der Waals surface area contributed by atoms with E-state index in [0.29, 0.717) is 5.92 Å². The van der Waals surface area contributed by atoms with Crippen LogP contribution < -0.4 is 10.5 Å². The Labute approximate surface area is 140 Å². The second-order valence-electron chi connectivity index (χ2n) is 5.51. The number of nitrogen functional groups attached to an aromatic ring is 1. The third-order valence-corrected chi connectivity index (χ3v) is 5.25. The highest BCUT2D eigenvalue weighted by Gasteiger charge is 2.18. The van der Waals surface area contributed by atoms with Crippen molar-refractivity contribution in [2.24, 2.45) is 0 Å². The lowest BCUT2D eigenvalue weighted by molar-refractivity contribution is -0.383. The first-order valence-corrected chi connectivity index (χ1v) is 8.89. The number of hydrogen-bond acceptors (Lipinski definition) is 5. The minimum absolute atomic E-state index is 0.0270. The van der Waals surface area contributed by atoms with Gasteiger partial charge in [-0.25, -0.2) is 8.42 Å². The average Bonchev–Trinajstić information content (AvgIpc) is 2.55. The summed E-state index contributed by atoms with van der Waals surface area (Å²) in [5.74, 6) is 0.342. The van der Waals surface area contributed by atoms with Gasteiger partial charge in [0.15, 0.2) is 0 Å². The lowest BCUT2D eigenvalue weighted by Crippen LogP contribution is -2.13. The summed E-state index contributed by atoms with van der Waals surface area (Å²) in [6, 6.07) is 10.4. The van der Waals surface area contributed by atoms with Crippen LogP contribution in [0.4, 0.5) is 17.1 Å². The van der Waals surface area contributed by atoms with Gasteiger partial charge in [0.1, 0.15) is 5.69 Å². The van der Waals surface area contributed by atoms with Crippen molar-refractivity contribution < 1.29 is 13.3 Å². The summed E-state index contributed by atoms with van der Waals surface area (Å²) in [6.07, 6.45) is 0.958. The van der Waals surface area contributed by atoms with E-state index in [0.717, 1.165) is 18.1 Å². The predicted octanol–water partition coefficient (Wildman–Crippen LogP) is 3.49. The van der Waals surface area contributed by atoms with E-state index < -0.39 is 14.9 Å². The van der Waals surface area contributed by atoms with Gasteiger partial charge >= 0.3 is 0 Å². The van der Waals surface area contributed by atoms with E-state index >= 15 is 0 Å². The summed E-state index contributed by atoms with van der Waals surface area (Å²) in [5, 5.41) is 10.9. The Morgan fingerprint density at radius 2 is 1.83 bits per heavy atom. The van der Waals surface area contributed by atoms with E-state index in [9.17, 15) is 18.5 Å². The number of nitro groups is 1. The minimum atomic E-state index is -3.83. The Hall–Kier alpha value is -2.61. The first kappa shape index (κ1) is 17.7. The van der Waals surface area contributed by atoms with Gasteiger partial charge in [-0.3, -0.25) is 14.8 Å². The molecule has 24 heavy (non-hydrogen) atoms. The fraction of sp³-hybridized carbons (Fsp3) is 0.250. The maximum atomic E-state index is 12.4. The Morgan fingerprint density at radius 3 is 2.38 bits per heavy atom. The Balaban J connectivity index is 2.28. The SMILES string of the molecule is CCC(C)c1ccc(S(=O)(=O)Nc2ccc(N)c([N+](=O)[O-])c2)cc1. The molecule has 7 nitrogen and oxygen atoms in total. The smallest absolute Gasteiger partial charge is 0.294 e. The van der Waals surface area contributed by atoms with Crippen molar-refractivity contribution in [1.82, 2.24) is 0 Å². The molecule has 0 aliphatic carbocycles. The molecule has 0 aliphatic rings. The first-order chi connectivity index (χ1) is 11.2. The fourth-order valence-electron chi connectivity index (χ4n) is 2.19. The van der Waals surface area contributed by atoms with Crippen molar-refractivity contribution in [3.63, 3.8) is 0 Å². The van der Waals surface area contributed by atoms with E-state index in [-0.39, 0.29) is 22.0 Å². The molecule has 1 atom stereocenters. The van der Waals surface area contributed by atoms with Crippen molar-refractivity contribution in [3.05, 3.63) is 58.1 Å². The van der Waals surface area contributed by atoms with E-state index in [2.05, 4.69) is 18.6 Å². The maximum absolute atomic E-state index is 12.4. The van der Waals surface area contributed by atoms with Crippen LogP contribution in [0.15, 0.2) is 47.4 Å². The molecule has 0 bridgehead atoms. The molecule has 0 aromatic heterocycles. The van der Waals surface area contributed by atoms with Gasteiger partial charge in [-0.1, -0.05) is 26.0 Å². The van der Waals surface area contributed by atoms with E-state index in [1.807, 2.05) is 0 Å². The molecule has 0 spiro atoms. The Kier molecular flexibility index (Phi) is 5.08. The molecule has 0 amide bonds. The Bertz CT molecular complexity index is 848. The Morgan fingerprint density at radius 1 is 1.21 bits per heavy atom. The van der Waals surface area contributed by atoms with Crippen LogP contribution in [0.3, 0.4) is 0 Å². The highest BCUT2D eigenvalue weighted by molar-refractivity contribution is 7.92. The monoisotopic (exact) mass is 349 g/mol. The van der Waals surface area contributed by atoms with Crippen LogP contribution in [0.1, 0.15) is 31.7 Å². The summed E-state index contributed by atoms with van der Waals surface area (Å²) in [7, 11) is -3.83. The molecule has 2 aromatic rings. The lowest BCUT2D eigenvalue weighted by atomic mass is 9.99. The molecule has 128 valence electrons. The van der Waals surface area contributed by atoms with Gasteiger partial charge in [-0.05, 0) is 42.2 Å². The van der Waals surface area contributed by atoms with Crippen molar-refractivity contribution >= 4 is 27.1 Å². The maximum Gasteiger partial charge on any atom is 0.294 e. The number of nitro benzene ring substituents is 1. The standard InChI is InChI=1S/C16H19N3O4S/c1-3-11(2)12-4-7-14(8-5-12)24(22,23)18-13-6-9-15(17)16(10-13)19(20)21/h4-11,18H,3,17H2,1-2H3. The van der Waals surface area contributed by atoms with Crippen LogP contribution >= 0.6 is 0 Å². The molecule has 0 saturated carbocycles. The number of nitrogens with two attached hydrogens (primary N) is 1. The predicted molar refractivity (Wildman–Crippen MR) is 93.5 cm³/mol. The van der Waals surface area contributed by atoms with Crippen LogP contribution in [0, 0.1) is 10.1 Å². The molecule has 0 radical (unpaired) electrons. The van der Waals surface area contributed by atoms with Gasteiger partial charge in [0.05, 0.1) is 15.5 Å². The second-order valence-corrected chi connectivity index (χ2v) is 7.20. The third kappa shape index (κ3) is 3.83. The molecular weight excluding hydrogens is 330 g/mol. The topological polar surface area (TPSA) is 115 Å². The van der Waals surface area contributed by atoms with E-state index in [1.165, 1.54) is 24.3 Å². The van der Waals surface area contributed by atoms with Crippen LogP contribution in [-0.4, -0.2) is 13.3 Å². The molecule has 0 heterocycles. The summed E-state index contributed by atoms with van der Waals surface area (Å²) < 4.78 is 27.1. The van der Waals surface area contributed by atoms with Crippen LogP contribution in [0.2, 0.25) is 0 Å². The first-order valence-electron chi connectivity index (χ1n) is 7.41. The lowest BCUT2D eigenvalue weighted by Gasteiger charge is -2.11. The van der Waals surface area contributed by atoms with Crippen LogP contribution in [0.5, 0.6) is 0 Å². The second kappa shape index (κ2) is 6.88. The zero-order chi connectivity index (χ0) is 17.9. The fourth-order valence-corrected chi connectivity index (χ4v) is 3.24. The molecule has 0 aliphatic heterocycles. The summed E-state index contributed by atoms with van der Waals surface area (Å²) in [4.78, 5) is 10.3. The summed E-state index contributed by atoms with van der Waals surface area (Å²) >= 11 is 0. The number of rotatable bonds is 6. The van der Waals surface area contributed by atoms with Gasteiger partial charge in [0.25, 0.3) is 15.7 Å². The molecular formula is C16H19N3O4S. The number of nitrogens with one attached hydrogen (secondary N) is 1. The molecule has 0 saturated heterocycles. The van der Waals surface area contributed by atoms with E-state index in [4.69, 9.17) is 5.73 Å². The molecule has 3 N–H and O–H groups in total. The number of sulfonamides is 1. The summed E-state index contributed by atoms with van der Waals surface area (Å²) in [5.41, 5.74) is 6.27. The summed E-state index contributed by atoms with van der Waals surface area (Å²) in [6.45, 7) is 4.13. The highest BCUT2D eigenvalue weighted by atomic mass is 32.2. The van der Waals surface area contributed by atoms with Gasteiger partial charge in [-0.15, -0.1) is 0 Å². The van der Waals surface area contributed by atoms with Crippen LogP contribution in [0.25, 0.3) is 0 Å². The minimum Gasteiger partial charge on any atom is -0.393 e. The number of nitrogens with zero attached hydrogens (tertiary/aromatic N) is 1. The largest absolute Gasteiger partial charge is 0.393 e. The molecule has 0 fully saturated rings. The quantitative estimate of drug-likeness (QED) is 0.470.